The van der Waals surface area contributed by atoms with Crippen LogP contribution < -0.4 is 0 Å². The molecule has 0 saturated carbocycles. The van der Waals surface area contributed by atoms with Gasteiger partial charge in [0.15, 0.2) is 5.78 Å². The monoisotopic (exact) mass is 248 g/mol. The molecule has 98 valence electrons. The molecular formula is C15H20O3. The van der Waals surface area contributed by atoms with Gasteiger partial charge in [0.1, 0.15) is 5.92 Å². The van der Waals surface area contributed by atoms with Gasteiger partial charge in [0, 0.05) is 5.41 Å². The minimum absolute atomic E-state index is 0.0944. The molecule has 1 aromatic carbocycles. The maximum absolute atomic E-state index is 12.5. The van der Waals surface area contributed by atoms with E-state index >= 15 is 0 Å². The van der Waals surface area contributed by atoms with Crippen LogP contribution >= 0.6 is 0 Å². The van der Waals surface area contributed by atoms with Gasteiger partial charge >= 0.3 is 5.97 Å². The van der Waals surface area contributed by atoms with E-state index in [0.717, 1.165) is 5.56 Å². The summed E-state index contributed by atoms with van der Waals surface area (Å²) in [5.74, 6) is -1.24. The second kappa shape index (κ2) is 5.80. The van der Waals surface area contributed by atoms with Crippen LogP contribution in [0.1, 0.15) is 32.8 Å². The third-order valence-electron chi connectivity index (χ3n) is 3.32. The van der Waals surface area contributed by atoms with Gasteiger partial charge in [-0.3, -0.25) is 9.59 Å². The van der Waals surface area contributed by atoms with Gasteiger partial charge in [-0.05, 0) is 25.8 Å². The van der Waals surface area contributed by atoms with Crippen LogP contribution in [0.15, 0.2) is 30.3 Å². The molecule has 0 fully saturated rings. The molecule has 0 N–H and O–H groups in total. The molecule has 3 nitrogen and oxygen atoms in total. The van der Waals surface area contributed by atoms with Crippen LogP contribution in [0.4, 0.5) is 0 Å². The van der Waals surface area contributed by atoms with Crippen LogP contribution in [-0.4, -0.2) is 18.9 Å². The first-order valence-electron chi connectivity index (χ1n) is 6.12. The molecule has 0 aliphatic heterocycles. The zero-order valence-corrected chi connectivity index (χ0v) is 11.4. The topological polar surface area (TPSA) is 43.4 Å². The molecule has 3 heteroatoms. The maximum atomic E-state index is 12.5. The Labute approximate surface area is 108 Å². The summed E-state index contributed by atoms with van der Waals surface area (Å²) in [6.45, 7) is 5.51. The van der Waals surface area contributed by atoms with Gasteiger partial charge in [-0.15, -0.1) is 0 Å². The molecule has 0 aliphatic carbocycles. The molecule has 1 aromatic rings. The van der Waals surface area contributed by atoms with Crippen molar-refractivity contribution >= 4 is 11.8 Å². The smallest absolute Gasteiger partial charge is 0.316 e. The van der Waals surface area contributed by atoms with Gasteiger partial charge in [-0.1, -0.05) is 37.3 Å². The third-order valence-corrected chi connectivity index (χ3v) is 3.32. The van der Waals surface area contributed by atoms with Crippen molar-refractivity contribution < 1.29 is 14.3 Å². The number of carbonyl (C=O) groups excluding carboxylic acids is 2. The summed E-state index contributed by atoms with van der Waals surface area (Å²) in [6.07, 6.45) is 0.460. The second-order valence-corrected chi connectivity index (χ2v) is 4.84. The minimum atomic E-state index is -0.690. The normalized spacial score (nSPS) is 12.9. The van der Waals surface area contributed by atoms with Crippen molar-refractivity contribution in [3.63, 3.8) is 0 Å². The average molecular weight is 248 g/mol. The van der Waals surface area contributed by atoms with Crippen molar-refractivity contribution in [2.24, 2.45) is 5.92 Å². The van der Waals surface area contributed by atoms with E-state index in [2.05, 4.69) is 0 Å². The van der Waals surface area contributed by atoms with Crippen LogP contribution in [0, 0.1) is 5.92 Å². The molecule has 0 aromatic heterocycles. The Bertz CT molecular complexity index is 421. The third kappa shape index (κ3) is 2.78. The second-order valence-electron chi connectivity index (χ2n) is 4.84. The van der Waals surface area contributed by atoms with Crippen molar-refractivity contribution in [1.82, 2.24) is 0 Å². The fourth-order valence-corrected chi connectivity index (χ4v) is 2.03. The largest absolute Gasteiger partial charge is 0.468 e. The van der Waals surface area contributed by atoms with Crippen LogP contribution in [-0.2, 0) is 19.7 Å². The molecule has 0 bridgehead atoms. The minimum Gasteiger partial charge on any atom is -0.468 e. The average Bonchev–Trinajstić information content (AvgIpc) is 2.40. The number of rotatable bonds is 5. The number of carbonyl (C=O) groups is 2. The lowest BCUT2D eigenvalue weighted by molar-refractivity contribution is -0.150. The molecular weight excluding hydrogens is 228 g/mol. The van der Waals surface area contributed by atoms with E-state index in [1.54, 1.807) is 0 Å². The number of Topliss-reactive ketones (excluding diaryl/α,β-unsaturated/α-hetero) is 1. The molecule has 0 amide bonds. The van der Waals surface area contributed by atoms with Crippen molar-refractivity contribution in [3.8, 4) is 0 Å². The van der Waals surface area contributed by atoms with Crippen LogP contribution in [0.3, 0.4) is 0 Å². The number of hydrogen-bond acceptors (Lipinski definition) is 3. The Hall–Kier alpha value is -1.64. The summed E-state index contributed by atoms with van der Waals surface area (Å²) in [5, 5.41) is 0. The lowest BCUT2D eigenvalue weighted by atomic mass is 9.75. The summed E-state index contributed by atoms with van der Waals surface area (Å²) in [7, 11) is 1.31. The van der Waals surface area contributed by atoms with Crippen molar-refractivity contribution in [3.05, 3.63) is 35.9 Å². The van der Waals surface area contributed by atoms with Crippen molar-refractivity contribution in [1.29, 1.82) is 0 Å². The van der Waals surface area contributed by atoms with Gasteiger partial charge in [0.25, 0.3) is 0 Å². The molecule has 1 rings (SSSR count). The fourth-order valence-electron chi connectivity index (χ4n) is 2.03. The number of ketones is 1. The van der Waals surface area contributed by atoms with E-state index < -0.39 is 17.3 Å². The van der Waals surface area contributed by atoms with Crippen molar-refractivity contribution in [2.75, 3.05) is 7.11 Å². The number of ether oxygens (including phenoxy) is 1. The summed E-state index contributed by atoms with van der Waals surface area (Å²) in [6, 6.07) is 9.50. The summed E-state index contributed by atoms with van der Waals surface area (Å²) in [4.78, 5) is 24.1. The summed E-state index contributed by atoms with van der Waals surface area (Å²) < 4.78 is 4.70. The zero-order chi connectivity index (χ0) is 13.8. The molecule has 0 heterocycles. The number of esters is 1. The highest BCUT2D eigenvalue weighted by atomic mass is 16.5. The molecule has 0 spiro atoms. The van der Waals surface area contributed by atoms with Gasteiger partial charge in [-0.25, -0.2) is 0 Å². The Morgan fingerprint density at radius 2 is 1.78 bits per heavy atom. The summed E-state index contributed by atoms with van der Waals surface area (Å²) in [5.41, 5.74) is 0.230. The SMILES string of the molecule is CCC(C(=O)OC)C(=O)C(C)(C)c1ccccc1. The molecule has 1 unspecified atom stereocenters. The van der Waals surface area contributed by atoms with E-state index in [4.69, 9.17) is 4.74 Å². The Balaban J connectivity index is 3.04. The highest BCUT2D eigenvalue weighted by molar-refractivity contribution is 6.04. The zero-order valence-electron chi connectivity index (χ0n) is 11.4. The van der Waals surface area contributed by atoms with Crippen LogP contribution in [0.2, 0.25) is 0 Å². The molecule has 0 radical (unpaired) electrons. The number of methoxy groups -OCH3 is 1. The van der Waals surface area contributed by atoms with E-state index in [-0.39, 0.29) is 5.78 Å². The van der Waals surface area contributed by atoms with E-state index in [0.29, 0.717) is 6.42 Å². The number of hydrogen-bond donors (Lipinski definition) is 0. The van der Waals surface area contributed by atoms with E-state index in [9.17, 15) is 9.59 Å². The van der Waals surface area contributed by atoms with Gasteiger partial charge in [-0.2, -0.15) is 0 Å². The first kappa shape index (κ1) is 14.4. The lowest BCUT2D eigenvalue weighted by Crippen LogP contribution is -2.38. The fraction of sp³-hybridized carbons (Fsp3) is 0.467. The van der Waals surface area contributed by atoms with Crippen LogP contribution in [0.25, 0.3) is 0 Å². The first-order chi connectivity index (χ1) is 8.45. The molecule has 18 heavy (non-hydrogen) atoms. The van der Waals surface area contributed by atoms with Gasteiger partial charge in [0.05, 0.1) is 7.11 Å². The quantitative estimate of drug-likeness (QED) is 0.594. The van der Waals surface area contributed by atoms with Crippen LogP contribution in [0.5, 0.6) is 0 Å². The standard InChI is InChI=1S/C15H20O3/c1-5-12(14(17)18-4)13(16)15(2,3)11-9-7-6-8-10-11/h6-10,12H,5H2,1-4H3. The Morgan fingerprint density at radius 3 is 2.22 bits per heavy atom. The predicted molar refractivity (Wildman–Crippen MR) is 70.3 cm³/mol. The van der Waals surface area contributed by atoms with Gasteiger partial charge in [0.2, 0.25) is 0 Å². The molecule has 0 saturated heterocycles. The van der Waals surface area contributed by atoms with Crippen molar-refractivity contribution in [2.45, 2.75) is 32.6 Å². The highest BCUT2D eigenvalue weighted by Gasteiger charge is 2.38. The molecule has 1 atom stereocenters. The van der Waals surface area contributed by atoms with E-state index in [1.165, 1.54) is 7.11 Å². The van der Waals surface area contributed by atoms with Gasteiger partial charge < -0.3 is 4.74 Å². The maximum Gasteiger partial charge on any atom is 0.316 e. The lowest BCUT2D eigenvalue weighted by Gasteiger charge is -2.27. The summed E-state index contributed by atoms with van der Waals surface area (Å²) >= 11 is 0. The predicted octanol–water partition coefficient (Wildman–Crippen LogP) is 2.73. The number of benzene rings is 1. The first-order valence-corrected chi connectivity index (χ1v) is 6.12. The Kier molecular flexibility index (Phi) is 4.65. The Morgan fingerprint density at radius 1 is 1.22 bits per heavy atom. The molecule has 0 aliphatic rings. The van der Waals surface area contributed by atoms with E-state index in [1.807, 2.05) is 51.1 Å². The highest BCUT2D eigenvalue weighted by Crippen LogP contribution is 2.28.